The lowest BCUT2D eigenvalue weighted by atomic mass is 10.00. The van der Waals surface area contributed by atoms with E-state index < -0.39 is 0 Å². The highest BCUT2D eigenvalue weighted by molar-refractivity contribution is 5.86. The average molecular weight is 241 g/mol. The van der Waals surface area contributed by atoms with E-state index in [0.29, 0.717) is 0 Å². The molecular weight excluding hydrogens is 222 g/mol. The zero-order chi connectivity index (χ0) is 13.4. The molecule has 0 fully saturated rings. The zero-order valence-corrected chi connectivity index (χ0v) is 10.9. The smallest absolute Gasteiger partial charge is 0.207 e. The van der Waals surface area contributed by atoms with Gasteiger partial charge in [0.15, 0.2) is 0 Å². The van der Waals surface area contributed by atoms with Gasteiger partial charge in [-0.15, -0.1) is 6.58 Å². The van der Waals surface area contributed by atoms with Crippen molar-refractivity contribution in [2.45, 2.75) is 19.9 Å². The molecule has 0 heterocycles. The molecule has 0 saturated carbocycles. The van der Waals surface area contributed by atoms with Gasteiger partial charge in [-0.2, -0.15) is 0 Å². The minimum absolute atomic E-state index is 0.0496. The van der Waals surface area contributed by atoms with Crippen LogP contribution < -0.4 is 5.32 Å². The van der Waals surface area contributed by atoms with Crippen LogP contribution in [-0.2, 0) is 4.79 Å². The molecule has 1 N–H and O–H groups in total. The molecule has 0 aliphatic carbocycles. The third-order valence-electron chi connectivity index (χ3n) is 2.61. The summed E-state index contributed by atoms with van der Waals surface area (Å²) in [7, 11) is 0. The van der Waals surface area contributed by atoms with Crippen molar-refractivity contribution in [3.8, 4) is 0 Å². The highest BCUT2D eigenvalue weighted by Crippen LogP contribution is 2.23. The molecule has 0 aliphatic heterocycles. The maximum absolute atomic E-state index is 10.4. The Kier molecular flexibility index (Phi) is 5.65. The lowest BCUT2D eigenvalue weighted by Gasteiger charge is -2.13. The maximum Gasteiger partial charge on any atom is 0.207 e. The van der Waals surface area contributed by atoms with Crippen LogP contribution in [0.15, 0.2) is 55.1 Å². The summed E-state index contributed by atoms with van der Waals surface area (Å²) in [5.74, 6) is 0. The van der Waals surface area contributed by atoms with Gasteiger partial charge in [-0.05, 0) is 30.2 Å². The van der Waals surface area contributed by atoms with Crippen LogP contribution >= 0.6 is 0 Å². The lowest BCUT2D eigenvalue weighted by Crippen LogP contribution is -2.16. The molecule has 0 bridgehead atoms. The van der Waals surface area contributed by atoms with E-state index >= 15 is 0 Å². The number of fused-ring (bicyclic) bond motifs is 1. The van der Waals surface area contributed by atoms with Gasteiger partial charge in [-0.3, -0.25) is 4.79 Å². The second kappa shape index (κ2) is 7.28. The van der Waals surface area contributed by atoms with E-state index in [1.165, 1.54) is 10.8 Å². The Morgan fingerprint density at radius 2 is 1.78 bits per heavy atom. The molecule has 2 aromatic rings. The predicted molar refractivity (Wildman–Crippen MR) is 77.4 cm³/mol. The normalized spacial score (nSPS) is 11.0. The fourth-order valence-electron chi connectivity index (χ4n) is 1.82. The Hall–Kier alpha value is -2.09. The molecule has 0 aromatic heterocycles. The Balaban J connectivity index is 0.000000492. The predicted octanol–water partition coefficient (Wildman–Crippen LogP) is 3.84. The van der Waals surface area contributed by atoms with Crippen molar-refractivity contribution in [1.82, 2.24) is 5.32 Å². The first-order chi connectivity index (χ1) is 8.74. The molecule has 2 aromatic carbocycles. The van der Waals surface area contributed by atoms with Crippen molar-refractivity contribution in [2.75, 3.05) is 0 Å². The SMILES string of the molecule is C=CC.CC(NC=O)c1cccc2ccccc12. The molecule has 2 heteroatoms. The highest BCUT2D eigenvalue weighted by atomic mass is 16.1. The van der Waals surface area contributed by atoms with E-state index in [9.17, 15) is 4.79 Å². The first-order valence-electron chi connectivity index (χ1n) is 5.99. The van der Waals surface area contributed by atoms with Crippen LogP contribution in [-0.4, -0.2) is 6.41 Å². The summed E-state index contributed by atoms with van der Waals surface area (Å²) < 4.78 is 0. The van der Waals surface area contributed by atoms with Crippen molar-refractivity contribution in [1.29, 1.82) is 0 Å². The van der Waals surface area contributed by atoms with Crippen molar-refractivity contribution >= 4 is 17.2 Å². The van der Waals surface area contributed by atoms with Gasteiger partial charge in [0.25, 0.3) is 0 Å². The van der Waals surface area contributed by atoms with Crippen molar-refractivity contribution in [3.63, 3.8) is 0 Å². The number of nitrogens with one attached hydrogen (secondary N) is 1. The van der Waals surface area contributed by atoms with Gasteiger partial charge in [-0.25, -0.2) is 0 Å². The summed E-state index contributed by atoms with van der Waals surface area (Å²) in [5, 5.41) is 5.17. The minimum Gasteiger partial charge on any atom is -0.352 e. The highest BCUT2D eigenvalue weighted by Gasteiger charge is 2.06. The fourth-order valence-corrected chi connectivity index (χ4v) is 1.82. The van der Waals surface area contributed by atoms with Crippen LogP contribution in [0.1, 0.15) is 25.5 Å². The minimum atomic E-state index is 0.0496. The van der Waals surface area contributed by atoms with Gasteiger partial charge in [0, 0.05) is 0 Å². The van der Waals surface area contributed by atoms with Crippen LogP contribution in [0.2, 0.25) is 0 Å². The summed E-state index contributed by atoms with van der Waals surface area (Å²) in [6.45, 7) is 7.23. The summed E-state index contributed by atoms with van der Waals surface area (Å²) in [6, 6.07) is 14.4. The number of carbonyl (C=O) groups excluding carboxylic acids is 1. The molecule has 0 aliphatic rings. The maximum atomic E-state index is 10.4. The van der Waals surface area contributed by atoms with Gasteiger partial charge in [-0.1, -0.05) is 48.5 Å². The first-order valence-corrected chi connectivity index (χ1v) is 5.99. The van der Waals surface area contributed by atoms with Gasteiger partial charge >= 0.3 is 0 Å². The summed E-state index contributed by atoms with van der Waals surface area (Å²) >= 11 is 0. The average Bonchev–Trinajstić information content (AvgIpc) is 2.39. The van der Waals surface area contributed by atoms with Crippen LogP contribution in [0.4, 0.5) is 0 Å². The Morgan fingerprint density at radius 3 is 2.44 bits per heavy atom. The van der Waals surface area contributed by atoms with E-state index in [2.05, 4.69) is 30.1 Å². The van der Waals surface area contributed by atoms with E-state index in [-0.39, 0.29) is 6.04 Å². The molecule has 1 amide bonds. The topological polar surface area (TPSA) is 29.1 Å². The number of allylic oxidation sites excluding steroid dienone is 1. The third-order valence-corrected chi connectivity index (χ3v) is 2.61. The number of benzene rings is 2. The second-order valence-electron chi connectivity index (χ2n) is 3.98. The standard InChI is InChI=1S/C13H13NO.C3H6/c1-10(14-9-15)12-8-4-6-11-5-2-3-7-13(11)12;1-3-2/h2-10H,1H3,(H,14,15);3H,1H2,2H3. The number of carbonyl (C=O) groups is 1. The van der Waals surface area contributed by atoms with Crippen LogP contribution in [0.5, 0.6) is 0 Å². The van der Waals surface area contributed by atoms with Gasteiger partial charge in [0.1, 0.15) is 0 Å². The summed E-state index contributed by atoms with van der Waals surface area (Å²) in [5.41, 5.74) is 1.15. The Labute approximate surface area is 108 Å². The summed E-state index contributed by atoms with van der Waals surface area (Å²) in [6.07, 6.45) is 2.49. The second-order valence-corrected chi connectivity index (χ2v) is 3.98. The molecule has 94 valence electrons. The van der Waals surface area contributed by atoms with Gasteiger partial charge in [0.05, 0.1) is 6.04 Å². The number of rotatable bonds is 3. The van der Waals surface area contributed by atoms with Crippen molar-refractivity contribution in [3.05, 3.63) is 60.7 Å². The molecular formula is C16H19NO. The molecule has 1 unspecified atom stereocenters. The molecule has 1 atom stereocenters. The van der Waals surface area contributed by atoms with Gasteiger partial charge < -0.3 is 5.32 Å². The molecule has 0 saturated heterocycles. The van der Waals surface area contributed by atoms with E-state index in [4.69, 9.17) is 0 Å². The largest absolute Gasteiger partial charge is 0.352 e. The number of hydrogen-bond acceptors (Lipinski definition) is 1. The van der Waals surface area contributed by atoms with Crippen LogP contribution in [0.3, 0.4) is 0 Å². The lowest BCUT2D eigenvalue weighted by molar-refractivity contribution is -0.110. The quantitative estimate of drug-likeness (QED) is 0.642. The van der Waals surface area contributed by atoms with Crippen LogP contribution in [0.25, 0.3) is 10.8 Å². The van der Waals surface area contributed by atoms with Crippen LogP contribution in [0, 0.1) is 0 Å². The van der Waals surface area contributed by atoms with E-state index in [1.807, 2.05) is 38.1 Å². The van der Waals surface area contributed by atoms with Crippen molar-refractivity contribution in [2.24, 2.45) is 0 Å². The Bertz CT molecular complexity index is 514. The number of hydrogen-bond donors (Lipinski definition) is 1. The Morgan fingerprint density at radius 1 is 1.17 bits per heavy atom. The van der Waals surface area contributed by atoms with Crippen molar-refractivity contribution < 1.29 is 4.79 Å². The fraction of sp³-hybridized carbons (Fsp3) is 0.188. The first kappa shape index (κ1) is 14.0. The zero-order valence-electron chi connectivity index (χ0n) is 10.9. The monoisotopic (exact) mass is 241 g/mol. The molecule has 18 heavy (non-hydrogen) atoms. The molecule has 0 spiro atoms. The number of amides is 1. The molecule has 0 radical (unpaired) electrons. The molecule has 2 nitrogen and oxygen atoms in total. The van der Waals surface area contributed by atoms with E-state index in [0.717, 1.165) is 12.0 Å². The molecule has 2 rings (SSSR count). The summed E-state index contributed by atoms with van der Waals surface area (Å²) in [4.78, 5) is 10.4. The third kappa shape index (κ3) is 3.45. The van der Waals surface area contributed by atoms with Gasteiger partial charge in [0.2, 0.25) is 6.41 Å². The van der Waals surface area contributed by atoms with E-state index in [1.54, 1.807) is 6.08 Å².